The van der Waals surface area contributed by atoms with E-state index in [0.29, 0.717) is 17.8 Å². The number of carbonyl (C=O) groups excluding carboxylic acids is 2. The summed E-state index contributed by atoms with van der Waals surface area (Å²) in [5.74, 6) is -0.158. The second-order valence-corrected chi connectivity index (χ2v) is 6.03. The number of unbranched alkanes of at least 4 members (excludes halogenated alkanes) is 1. The van der Waals surface area contributed by atoms with Crippen LogP contribution in [-0.2, 0) is 16.1 Å². The summed E-state index contributed by atoms with van der Waals surface area (Å²) in [6.45, 7) is 2.89. The summed E-state index contributed by atoms with van der Waals surface area (Å²) < 4.78 is 10.3. The minimum Gasteiger partial charge on any atom is -0.497 e. The third-order valence-electron chi connectivity index (χ3n) is 3.95. The highest BCUT2D eigenvalue weighted by atomic mass is 16.5. The number of nitrogens with one attached hydrogen (secondary N) is 2. The first-order valence-electron chi connectivity index (χ1n) is 9.03. The first kappa shape index (κ1) is 20.3. The maximum Gasteiger partial charge on any atom is 0.340 e. The van der Waals surface area contributed by atoms with Crippen LogP contribution in [0.4, 0.5) is 5.69 Å². The third kappa shape index (κ3) is 6.66. The van der Waals surface area contributed by atoms with E-state index in [9.17, 15) is 9.59 Å². The zero-order valence-corrected chi connectivity index (χ0v) is 15.8. The maximum absolute atomic E-state index is 12.3. The summed E-state index contributed by atoms with van der Waals surface area (Å²) in [5, 5.41) is 5.95. The molecule has 144 valence electrons. The first-order chi connectivity index (χ1) is 13.1. The van der Waals surface area contributed by atoms with E-state index in [1.165, 1.54) is 0 Å². The van der Waals surface area contributed by atoms with Crippen molar-refractivity contribution < 1.29 is 19.1 Å². The van der Waals surface area contributed by atoms with Crippen LogP contribution in [0.25, 0.3) is 0 Å². The highest BCUT2D eigenvalue weighted by molar-refractivity contribution is 5.96. The van der Waals surface area contributed by atoms with Gasteiger partial charge in [0.25, 0.3) is 5.91 Å². The lowest BCUT2D eigenvalue weighted by Crippen LogP contribution is -2.28. The number of carbonyl (C=O) groups is 2. The molecule has 0 aliphatic rings. The number of hydrogen-bond donors (Lipinski definition) is 2. The van der Waals surface area contributed by atoms with E-state index in [4.69, 9.17) is 9.47 Å². The average molecular weight is 370 g/mol. The van der Waals surface area contributed by atoms with Gasteiger partial charge in [0.2, 0.25) is 0 Å². The molecule has 0 aliphatic carbocycles. The number of anilines is 1. The SMILES string of the molecule is CCCCNc1ccccc1C(=O)OCC(=O)NCc1cccc(OC)c1. The van der Waals surface area contributed by atoms with Crippen LogP contribution in [0, 0.1) is 0 Å². The van der Waals surface area contributed by atoms with Crippen LogP contribution in [-0.4, -0.2) is 32.1 Å². The monoisotopic (exact) mass is 370 g/mol. The van der Waals surface area contributed by atoms with Crippen molar-refractivity contribution in [1.29, 1.82) is 0 Å². The minimum absolute atomic E-state index is 0.327. The van der Waals surface area contributed by atoms with Crippen molar-refractivity contribution in [1.82, 2.24) is 5.32 Å². The van der Waals surface area contributed by atoms with Crippen molar-refractivity contribution in [2.24, 2.45) is 0 Å². The van der Waals surface area contributed by atoms with Gasteiger partial charge in [0, 0.05) is 18.8 Å². The molecule has 0 saturated carbocycles. The van der Waals surface area contributed by atoms with Crippen LogP contribution < -0.4 is 15.4 Å². The lowest BCUT2D eigenvalue weighted by Gasteiger charge is -2.11. The minimum atomic E-state index is -0.522. The standard InChI is InChI=1S/C21H26N2O4/c1-3-4-12-22-19-11-6-5-10-18(19)21(25)27-15-20(24)23-14-16-8-7-9-17(13-16)26-2/h5-11,13,22H,3-4,12,14-15H2,1-2H3,(H,23,24). The van der Waals surface area contributed by atoms with Gasteiger partial charge in [-0.3, -0.25) is 4.79 Å². The van der Waals surface area contributed by atoms with Gasteiger partial charge in [-0.25, -0.2) is 4.79 Å². The zero-order valence-electron chi connectivity index (χ0n) is 15.8. The Balaban J connectivity index is 1.83. The van der Waals surface area contributed by atoms with Gasteiger partial charge in [0.15, 0.2) is 6.61 Å². The number of ether oxygens (including phenoxy) is 2. The highest BCUT2D eigenvalue weighted by Gasteiger charge is 2.14. The van der Waals surface area contributed by atoms with Crippen molar-refractivity contribution in [3.63, 3.8) is 0 Å². The van der Waals surface area contributed by atoms with Crippen LogP contribution >= 0.6 is 0 Å². The van der Waals surface area contributed by atoms with Crippen LogP contribution in [0.5, 0.6) is 5.75 Å². The molecular formula is C21H26N2O4. The largest absolute Gasteiger partial charge is 0.497 e. The second kappa shape index (κ2) is 10.9. The normalized spacial score (nSPS) is 10.1. The lowest BCUT2D eigenvalue weighted by atomic mass is 10.1. The Morgan fingerprint density at radius 2 is 1.89 bits per heavy atom. The average Bonchev–Trinajstić information content (AvgIpc) is 2.71. The number of benzene rings is 2. The number of methoxy groups -OCH3 is 1. The Morgan fingerprint density at radius 1 is 1.07 bits per heavy atom. The van der Waals surface area contributed by atoms with Crippen molar-refractivity contribution in [2.45, 2.75) is 26.3 Å². The number of rotatable bonds is 10. The van der Waals surface area contributed by atoms with E-state index in [2.05, 4.69) is 17.6 Å². The zero-order chi connectivity index (χ0) is 19.5. The van der Waals surface area contributed by atoms with Gasteiger partial charge in [-0.05, 0) is 36.2 Å². The quantitative estimate of drug-likeness (QED) is 0.495. The van der Waals surface area contributed by atoms with Gasteiger partial charge >= 0.3 is 5.97 Å². The fraction of sp³-hybridized carbons (Fsp3) is 0.333. The second-order valence-electron chi connectivity index (χ2n) is 6.03. The predicted molar refractivity (Wildman–Crippen MR) is 105 cm³/mol. The number of hydrogen-bond acceptors (Lipinski definition) is 5. The van der Waals surface area contributed by atoms with Gasteiger partial charge in [-0.15, -0.1) is 0 Å². The van der Waals surface area contributed by atoms with E-state index in [0.717, 1.165) is 30.7 Å². The molecule has 0 aliphatic heterocycles. The molecule has 6 heteroatoms. The molecule has 2 N–H and O–H groups in total. The van der Waals surface area contributed by atoms with E-state index >= 15 is 0 Å². The molecule has 0 bridgehead atoms. The number of amides is 1. The van der Waals surface area contributed by atoms with E-state index in [1.807, 2.05) is 36.4 Å². The summed E-state index contributed by atoms with van der Waals surface area (Å²) in [5.41, 5.74) is 2.04. The van der Waals surface area contributed by atoms with E-state index in [-0.39, 0.29) is 12.5 Å². The highest BCUT2D eigenvalue weighted by Crippen LogP contribution is 2.16. The molecule has 1 amide bonds. The fourth-order valence-electron chi connectivity index (χ4n) is 2.46. The molecule has 0 aromatic heterocycles. The summed E-state index contributed by atoms with van der Waals surface area (Å²) >= 11 is 0. The van der Waals surface area contributed by atoms with Gasteiger partial charge in [0.05, 0.1) is 12.7 Å². The molecule has 6 nitrogen and oxygen atoms in total. The Hall–Kier alpha value is -3.02. The van der Waals surface area contributed by atoms with Gasteiger partial charge in [0.1, 0.15) is 5.75 Å². The molecule has 0 fully saturated rings. The molecule has 0 radical (unpaired) electrons. The van der Waals surface area contributed by atoms with Gasteiger partial charge in [-0.2, -0.15) is 0 Å². The third-order valence-corrected chi connectivity index (χ3v) is 3.95. The number of para-hydroxylation sites is 1. The van der Waals surface area contributed by atoms with Crippen LogP contribution in [0.2, 0.25) is 0 Å². The molecule has 27 heavy (non-hydrogen) atoms. The lowest BCUT2D eigenvalue weighted by molar-refractivity contribution is -0.124. The van der Waals surface area contributed by atoms with Crippen LogP contribution in [0.1, 0.15) is 35.7 Å². The Bertz CT molecular complexity index is 761. The van der Waals surface area contributed by atoms with Crippen molar-refractivity contribution in [3.8, 4) is 5.75 Å². The Morgan fingerprint density at radius 3 is 2.67 bits per heavy atom. The molecule has 0 atom stereocenters. The molecule has 2 aromatic rings. The topological polar surface area (TPSA) is 76.7 Å². The van der Waals surface area contributed by atoms with Crippen molar-refractivity contribution in [2.75, 3.05) is 25.6 Å². The van der Waals surface area contributed by atoms with Crippen LogP contribution in [0.15, 0.2) is 48.5 Å². The number of esters is 1. The van der Waals surface area contributed by atoms with E-state index in [1.54, 1.807) is 19.2 Å². The Labute approximate surface area is 159 Å². The molecule has 2 rings (SSSR count). The van der Waals surface area contributed by atoms with Crippen molar-refractivity contribution in [3.05, 3.63) is 59.7 Å². The summed E-state index contributed by atoms with van der Waals surface area (Å²) in [7, 11) is 1.59. The fourth-order valence-corrected chi connectivity index (χ4v) is 2.46. The van der Waals surface area contributed by atoms with Crippen molar-refractivity contribution >= 4 is 17.6 Å². The summed E-state index contributed by atoms with van der Waals surface area (Å²) in [6, 6.07) is 14.5. The summed E-state index contributed by atoms with van der Waals surface area (Å²) in [6.07, 6.45) is 2.07. The molecule has 0 saturated heterocycles. The molecule has 2 aromatic carbocycles. The first-order valence-corrected chi connectivity index (χ1v) is 9.03. The maximum atomic E-state index is 12.3. The predicted octanol–water partition coefficient (Wildman–Crippen LogP) is 3.38. The molecule has 0 spiro atoms. The molecule has 0 heterocycles. The van der Waals surface area contributed by atoms with Crippen LogP contribution in [0.3, 0.4) is 0 Å². The van der Waals surface area contributed by atoms with E-state index < -0.39 is 5.97 Å². The smallest absolute Gasteiger partial charge is 0.340 e. The Kier molecular flexibility index (Phi) is 8.16. The van der Waals surface area contributed by atoms with Gasteiger partial charge < -0.3 is 20.1 Å². The summed E-state index contributed by atoms with van der Waals surface area (Å²) in [4.78, 5) is 24.3. The van der Waals surface area contributed by atoms with Gasteiger partial charge in [-0.1, -0.05) is 37.6 Å². The molecule has 0 unspecified atom stereocenters. The molecular weight excluding hydrogens is 344 g/mol.